The summed E-state index contributed by atoms with van der Waals surface area (Å²) in [7, 11) is 1.87. The van der Waals surface area contributed by atoms with Crippen molar-refractivity contribution in [3.63, 3.8) is 0 Å². The normalized spacial score (nSPS) is 13.0. The second-order valence-corrected chi connectivity index (χ2v) is 7.58. The van der Waals surface area contributed by atoms with Gasteiger partial charge in [0.2, 0.25) is 0 Å². The molecule has 1 aliphatic rings. The molecule has 0 spiro atoms. The van der Waals surface area contributed by atoms with Crippen molar-refractivity contribution >= 4 is 36.7 Å². The molecule has 6 heteroatoms. The van der Waals surface area contributed by atoms with Gasteiger partial charge in [-0.3, -0.25) is 0 Å². The molecule has 124 valence electrons. The van der Waals surface area contributed by atoms with E-state index >= 15 is 0 Å². The first-order valence-corrected chi connectivity index (χ1v) is 9.29. The van der Waals surface area contributed by atoms with Crippen LogP contribution < -0.4 is 9.36 Å². The first kappa shape index (κ1) is 15.7. The van der Waals surface area contributed by atoms with Crippen LogP contribution >= 0.6 is 0 Å². The van der Waals surface area contributed by atoms with Gasteiger partial charge in [0.25, 0.3) is 0 Å². The van der Waals surface area contributed by atoms with Gasteiger partial charge < -0.3 is 0 Å². The zero-order valence-electron chi connectivity index (χ0n) is 13.3. The van der Waals surface area contributed by atoms with E-state index in [9.17, 15) is 9.59 Å². The van der Waals surface area contributed by atoms with Crippen LogP contribution in [-0.2, 0) is 0 Å². The number of para-hydroxylation sites is 1. The fraction of sp³-hybridized carbons (Fsp3) is 0.0526. The first-order valence-electron chi connectivity index (χ1n) is 7.58. The molecule has 1 aromatic carbocycles. The summed E-state index contributed by atoms with van der Waals surface area (Å²) >= 11 is -0.162. The van der Waals surface area contributed by atoms with E-state index in [0.29, 0.717) is 4.60 Å². The molecule has 3 heterocycles. The van der Waals surface area contributed by atoms with Crippen molar-refractivity contribution in [1.82, 2.24) is 0 Å². The Bertz CT molecular complexity index is 923. The molecule has 0 bridgehead atoms. The monoisotopic (exact) mass is 399 g/mol. The van der Waals surface area contributed by atoms with E-state index in [2.05, 4.69) is 0 Å². The summed E-state index contributed by atoms with van der Waals surface area (Å²) in [5.74, 6) is -0.573. The molecule has 0 amide bonds. The van der Waals surface area contributed by atoms with E-state index in [1.165, 1.54) is 12.5 Å². The number of nitrogens with zero attached hydrogens (tertiary/aromatic N) is 1. The van der Waals surface area contributed by atoms with Crippen LogP contribution in [0.3, 0.4) is 0 Å². The Kier molecular flexibility index (Phi) is 3.92. The van der Waals surface area contributed by atoms with Crippen molar-refractivity contribution in [2.45, 2.75) is 0 Å². The number of benzene rings is 1. The first-order chi connectivity index (χ1) is 12.2. The van der Waals surface area contributed by atoms with Crippen molar-refractivity contribution in [3.8, 4) is 0 Å². The van der Waals surface area contributed by atoms with Gasteiger partial charge in [-0.05, 0) is 0 Å². The van der Waals surface area contributed by atoms with Crippen LogP contribution in [0.25, 0.3) is 0 Å². The van der Waals surface area contributed by atoms with Crippen LogP contribution in [0.4, 0.5) is 5.69 Å². The molecular formula is C19H13NO4Se. The summed E-state index contributed by atoms with van der Waals surface area (Å²) in [5.41, 5.74) is 1.11. The molecule has 0 fully saturated rings. The predicted octanol–water partition coefficient (Wildman–Crippen LogP) is 2.63. The van der Waals surface area contributed by atoms with Crippen molar-refractivity contribution in [3.05, 3.63) is 82.7 Å². The number of anilines is 1. The molecule has 2 aromatic heterocycles. The average Bonchev–Trinajstić information content (AvgIpc) is 3.37. The molecule has 0 N–H and O–H groups in total. The molecule has 0 saturated carbocycles. The van der Waals surface area contributed by atoms with Gasteiger partial charge in [-0.25, -0.2) is 0 Å². The second-order valence-electron chi connectivity index (χ2n) is 5.42. The Morgan fingerprint density at radius 3 is 2.00 bits per heavy atom. The number of fused-ring (bicyclic) bond motifs is 1. The van der Waals surface area contributed by atoms with E-state index in [1.807, 2.05) is 36.2 Å². The number of rotatable bonds is 4. The Morgan fingerprint density at radius 1 is 0.880 bits per heavy atom. The van der Waals surface area contributed by atoms with Crippen molar-refractivity contribution in [2.75, 3.05) is 11.9 Å². The topological polar surface area (TPSA) is 63.7 Å². The molecule has 0 atom stereocenters. The van der Waals surface area contributed by atoms with Crippen LogP contribution in [-0.4, -0.2) is 33.6 Å². The number of carbonyl (C=O) groups is 2. The molecule has 0 aliphatic carbocycles. The molecule has 0 radical (unpaired) electrons. The molecule has 0 unspecified atom stereocenters. The van der Waals surface area contributed by atoms with Gasteiger partial charge in [-0.2, -0.15) is 0 Å². The minimum absolute atomic E-state index is 0.101. The fourth-order valence-corrected chi connectivity index (χ4v) is 5.17. The third-order valence-corrected chi connectivity index (χ3v) is 6.49. The number of carbonyl (C=O) groups excluding carboxylic acids is 2. The molecule has 5 nitrogen and oxygen atoms in total. The average molecular weight is 398 g/mol. The van der Waals surface area contributed by atoms with E-state index in [4.69, 9.17) is 8.83 Å². The Balaban J connectivity index is 1.87. The van der Waals surface area contributed by atoms with Crippen LogP contribution in [0.2, 0.25) is 0 Å². The zero-order valence-corrected chi connectivity index (χ0v) is 15.0. The maximum absolute atomic E-state index is 13.0. The van der Waals surface area contributed by atoms with Gasteiger partial charge >= 0.3 is 150 Å². The molecule has 4 rings (SSSR count). The number of allylic oxidation sites excluding steroid dienone is 1. The Labute approximate surface area is 150 Å². The van der Waals surface area contributed by atoms with Gasteiger partial charge in [0.1, 0.15) is 0 Å². The SMILES string of the molecule is CN1C(=C(C(=O)c2ccco2)C(=O)c2ccco2)[Se]c2ccccc21. The quantitative estimate of drug-likeness (QED) is 0.222. The molecule has 3 aromatic rings. The summed E-state index contributed by atoms with van der Waals surface area (Å²) < 4.78 is 12.3. The fourth-order valence-electron chi connectivity index (χ4n) is 2.68. The Morgan fingerprint density at radius 2 is 1.48 bits per heavy atom. The zero-order chi connectivity index (χ0) is 17.4. The summed E-state index contributed by atoms with van der Waals surface area (Å²) in [6.45, 7) is 0. The maximum atomic E-state index is 13.0. The standard InChI is InChI=1S/C19H13NO4Se/c1-20-12-6-2-3-9-15(12)25-19(20)16(17(21)13-7-4-10-23-13)18(22)14-8-5-11-24-14/h2-11H,1H3. The second kappa shape index (κ2) is 6.24. The third-order valence-electron chi connectivity index (χ3n) is 3.90. The minimum atomic E-state index is -0.428. The van der Waals surface area contributed by atoms with E-state index < -0.39 is 11.6 Å². The summed E-state index contributed by atoms with van der Waals surface area (Å²) in [4.78, 5) is 27.9. The van der Waals surface area contributed by atoms with E-state index in [0.717, 1.165) is 10.1 Å². The predicted molar refractivity (Wildman–Crippen MR) is 93.3 cm³/mol. The van der Waals surface area contributed by atoms with Crippen LogP contribution in [0.15, 0.2) is 80.1 Å². The van der Waals surface area contributed by atoms with Gasteiger partial charge in [0.05, 0.1) is 0 Å². The summed E-state index contributed by atoms with van der Waals surface area (Å²) in [6.07, 6.45) is 2.84. The van der Waals surface area contributed by atoms with E-state index in [1.54, 1.807) is 24.3 Å². The van der Waals surface area contributed by atoms with E-state index in [-0.39, 0.29) is 32.1 Å². The number of hydrogen-bond acceptors (Lipinski definition) is 5. The van der Waals surface area contributed by atoms with Crippen LogP contribution in [0, 0.1) is 0 Å². The number of furan rings is 2. The van der Waals surface area contributed by atoms with Gasteiger partial charge in [-0.1, -0.05) is 0 Å². The molecule has 25 heavy (non-hydrogen) atoms. The van der Waals surface area contributed by atoms with Crippen LogP contribution in [0.1, 0.15) is 21.1 Å². The van der Waals surface area contributed by atoms with Crippen LogP contribution in [0.5, 0.6) is 0 Å². The van der Waals surface area contributed by atoms with Gasteiger partial charge in [-0.15, -0.1) is 0 Å². The number of Topliss-reactive ketones (excluding diaryl/α,β-unsaturated/α-hetero) is 2. The number of hydrogen-bond donors (Lipinski definition) is 0. The summed E-state index contributed by atoms with van der Waals surface area (Å²) in [5, 5.41) is 0. The third kappa shape index (κ3) is 2.65. The van der Waals surface area contributed by atoms with Crippen molar-refractivity contribution in [1.29, 1.82) is 0 Å². The number of ketones is 2. The molecule has 1 aliphatic heterocycles. The van der Waals surface area contributed by atoms with Gasteiger partial charge in [0, 0.05) is 0 Å². The van der Waals surface area contributed by atoms with Crippen molar-refractivity contribution < 1.29 is 18.4 Å². The summed E-state index contributed by atoms with van der Waals surface area (Å²) in [6, 6.07) is 14.3. The molecular weight excluding hydrogens is 385 g/mol. The van der Waals surface area contributed by atoms with Crippen molar-refractivity contribution in [2.24, 2.45) is 0 Å². The Hall–Kier alpha value is -2.82. The molecule has 0 saturated heterocycles. The van der Waals surface area contributed by atoms with Gasteiger partial charge in [0.15, 0.2) is 0 Å².